The fourth-order valence-corrected chi connectivity index (χ4v) is 6.50. The predicted octanol–water partition coefficient (Wildman–Crippen LogP) is 3.27. The smallest absolute Gasteiger partial charge is 0.243 e. The van der Waals surface area contributed by atoms with Gasteiger partial charge in [0.1, 0.15) is 4.34 Å². The van der Waals surface area contributed by atoms with E-state index in [2.05, 4.69) is 15.2 Å². The summed E-state index contributed by atoms with van der Waals surface area (Å²) in [7, 11) is -1.57. The van der Waals surface area contributed by atoms with E-state index >= 15 is 0 Å². The van der Waals surface area contributed by atoms with E-state index in [-0.39, 0.29) is 10.8 Å². The molecule has 11 heteroatoms. The summed E-state index contributed by atoms with van der Waals surface area (Å²) in [6, 6.07) is 6.77. The van der Waals surface area contributed by atoms with E-state index in [1.165, 1.54) is 21.8 Å². The highest BCUT2D eigenvalue weighted by atomic mass is 35.5. The van der Waals surface area contributed by atoms with E-state index in [1.807, 2.05) is 7.05 Å². The maximum atomic E-state index is 13.2. The molecule has 1 unspecified atom stereocenters. The molecule has 2 aliphatic heterocycles. The number of carbonyl (C=O) groups is 1. The molecule has 0 saturated carbocycles. The number of nitrogens with zero attached hydrogens (tertiary/aromatic N) is 3. The van der Waals surface area contributed by atoms with E-state index in [9.17, 15) is 13.2 Å². The Morgan fingerprint density at radius 2 is 1.88 bits per heavy atom. The van der Waals surface area contributed by atoms with Crippen molar-refractivity contribution >= 4 is 44.0 Å². The Kier molecular flexibility index (Phi) is 8.03. The molecule has 0 radical (unpaired) electrons. The third-order valence-electron chi connectivity index (χ3n) is 6.32. The second-order valence-corrected chi connectivity index (χ2v) is 12.2. The molecule has 2 aromatic rings. The summed E-state index contributed by atoms with van der Waals surface area (Å²) < 4.78 is 33.6. The molecule has 2 aliphatic rings. The van der Waals surface area contributed by atoms with Crippen molar-refractivity contribution in [2.45, 2.75) is 30.1 Å². The third kappa shape index (κ3) is 6.12. The quantitative estimate of drug-likeness (QED) is 0.612. The van der Waals surface area contributed by atoms with Crippen LogP contribution in [0, 0.1) is 5.92 Å². The van der Waals surface area contributed by atoms with Crippen molar-refractivity contribution in [1.82, 2.24) is 14.2 Å². The Labute approximate surface area is 203 Å². The Bertz CT molecular complexity index is 1050. The molecule has 2 fully saturated rings. The summed E-state index contributed by atoms with van der Waals surface area (Å²) >= 11 is 7.17. The molecular weight excluding hydrogens is 484 g/mol. The van der Waals surface area contributed by atoms with Crippen LogP contribution in [0.2, 0.25) is 4.34 Å². The Hall–Kier alpha value is -1.56. The fourth-order valence-electron chi connectivity index (χ4n) is 4.26. The highest BCUT2D eigenvalue weighted by Crippen LogP contribution is 2.32. The number of aromatic nitrogens is 1. The lowest BCUT2D eigenvalue weighted by Gasteiger charge is -2.31. The van der Waals surface area contributed by atoms with E-state index < -0.39 is 15.9 Å². The summed E-state index contributed by atoms with van der Waals surface area (Å²) in [4.78, 5) is 19.7. The number of benzene rings is 1. The van der Waals surface area contributed by atoms with Crippen LogP contribution in [0.1, 0.15) is 30.7 Å². The van der Waals surface area contributed by atoms with E-state index in [0.717, 1.165) is 18.4 Å². The molecule has 8 nitrogen and oxygen atoms in total. The average Bonchev–Trinajstić information content (AvgIpc) is 3.23. The number of hydrogen-bond donors (Lipinski definition) is 1. The zero-order valence-corrected chi connectivity index (χ0v) is 21.0. The Morgan fingerprint density at radius 1 is 1.21 bits per heavy atom. The van der Waals surface area contributed by atoms with Gasteiger partial charge in [-0.25, -0.2) is 13.4 Å². The Balaban J connectivity index is 1.53. The van der Waals surface area contributed by atoms with Gasteiger partial charge in [0.2, 0.25) is 15.9 Å². The van der Waals surface area contributed by atoms with Gasteiger partial charge in [-0.05, 0) is 49.9 Å². The van der Waals surface area contributed by atoms with E-state index in [0.29, 0.717) is 61.2 Å². The van der Waals surface area contributed by atoms with Crippen LogP contribution in [-0.2, 0) is 19.6 Å². The number of likely N-dealkylation sites (N-methyl/N-ethyl adjacent to an activating group) is 1. The van der Waals surface area contributed by atoms with Crippen LogP contribution in [0.25, 0.3) is 0 Å². The van der Waals surface area contributed by atoms with Crippen LogP contribution in [-0.4, -0.2) is 75.0 Å². The first-order valence-electron chi connectivity index (χ1n) is 11.1. The van der Waals surface area contributed by atoms with Crippen LogP contribution < -0.4 is 5.32 Å². The molecule has 1 aromatic heterocycles. The van der Waals surface area contributed by atoms with Crippen LogP contribution in [0.5, 0.6) is 0 Å². The molecular formula is C22H29ClN4O4S2. The number of ether oxygens (including phenoxy) is 1. The number of amides is 1. The molecule has 4 rings (SSSR count). The van der Waals surface area contributed by atoms with Crippen molar-refractivity contribution in [3.8, 4) is 0 Å². The minimum absolute atomic E-state index is 0.165. The van der Waals surface area contributed by atoms with Gasteiger partial charge < -0.3 is 15.0 Å². The van der Waals surface area contributed by atoms with Gasteiger partial charge in [0.25, 0.3) is 0 Å². The van der Waals surface area contributed by atoms with Crippen LogP contribution in [0.3, 0.4) is 0 Å². The largest absolute Gasteiger partial charge is 0.381 e. The SMILES string of the molecule is CN1CCN(S(=O)(=O)c2ccc(C(CC3CCOCC3)C(=O)Nc3ncc(Cl)s3)cc2)CC1. The molecule has 1 atom stereocenters. The van der Waals surface area contributed by atoms with Crippen LogP contribution in [0.15, 0.2) is 35.4 Å². The van der Waals surface area contributed by atoms with Gasteiger partial charge in [0, 0.05) is 39.4 Å². The highest BCUT2D eigenvalue weighted by molar-refractivity contribution is 7.89. The third-order valence-corrected chi connectivity index (χ3v) is 9.26. The molecule has 0 bridgehead atoms. The van der Waals surface area contributed by atoms with Gasteiger partial charge in [-0.3, -0.25) is 4.79 Å². The monoisotopic (exact) mass is 512 g/mol. The number of nitrogens with one attached hydrogen (secondary N) is 1. The van der Waals surface area contributed by atoms with Gasteiger partial charge in [0.15, 0.2) is 5.13 Å². The topological polar surface area (TPSA) is 91.8 Å². The summed E-state index contributed by atoms with van der Waals surface area (Å²) in [6.45, 7) is 3.78. The van der Waals surface area contributed by atoms with Crippen molar-refractivity contribution in [3.05, 3.63) is 40.4 Å². The van der Waals surface area contributed by atoms with Crippen molar-refractivity contribution in [1.29, 1.82) is 0 Å². The van der Waals surface area contributed by atoms with Gasteiger partial charge in [-0.1, -0.05) is 35.1 Å². The van der Waals surface area contributed by atoms with Gasteiger partial charge >= 0.3 is 0 Å². The van der Waals surface area contributed by atoms with E-state index in [4.69, 9.17) is 16.3 Å². The highest BCUT2D eigenvalue weighted by Gasteiger charge is 2.30. The number of hydrogen-bond acceptors (Lipinski definition) is 7. The van der Waals surface area contributed by atoms with Crippen LogP contribution in [0.4, 0.5) is 5.13 Å². The zero-order valence-electron chi connectivity index (χ0n) is 18.6. The summed E-state index contributed by atoms with van der Waals surface area (Å²) in [5.41, 5.74) is 0.791. The number of anilines is 1. The number of carbonyl (C=O) groups excluding carboxylic acids is 1. The van der Waals surface area contributed by atoms with Crippen molar-refractivity contribution in [3.63, 3.8) is 0 Å². The molecule has 2 saturated heterocycles. The van der Waals surface area contributed by atoms with Gasteiger partial charge in [-0.2, -0.15) is 4.31 Å². The van der Waals surface area contributed by atoms with Crippen molar-refractivity contribution in [2.24, 2.45) is 5.92 Å². The van der Waals surface area contributed by atoms with Crippen LogP contribution >= 0.6 is 22.9 Å². The molecule has 3 heterocycles. The molecule has 1 N–H and O–H groups in total. The van der Waals surface area contributed by atoms with Gasteiger partial charge in [-0.15, -0.1) is 0 Å². The fraction of sp³-hybridized carbons (Fsp3) is 0.545. The lowest BCUT2D eigenvalue weighted by Crippen LogP contribution is -2.47. The predicted molar refractivity (Wildman–Crippen MR) is 129 cm³/mol. The molecule has 180 valence electrons. The number of rotatable bonds is 7. The molecule has 0 spiro atoms. The first-order valence-corrected chi connectivity index (χ1v) is 13.7. The normalized spacial score (nSPS) is 19.9. The van der Waals surface area contributed by atoms with E-state index in [1.54, 1.807) is 24.3 Å². The zero-order chi connectivity index (χ0) is 23.4. The second-order valence-electron chi connectivity index (χ2n) is 8.58. The summed E-state index contributed by atoms with van der Waals surface area (Å²) in [6.07, 6.45) is 3.98. The lowest BCUT2D eigenvalue weighted by atomic mass is 9.84. The lowest BCUT2D eigenvalue weighted by molar-refractivity contribution is -0.118. The maximum absolute atomic E-state index is 13.2. The Morgan fingerprint density at radius 3 is 2.48 bits per heavy atom. The molecule has 1 aromatic carbocycles. The minimum Gasteiger partial charge on any atom is -0.381 e. The van der Waals surface area contributed by atoms with Crippen molar-refractivity contribution < 1.29 is 17.9 Å². The molecule has 33 heavy (non-hydrogen) atoms. The number of sulfonamides is 1. The number of piperazine rings is 1. The average molecular weight is 513 g/mol. The molecule has 0 aliphatic carbocycles. The number of halogens is 1. The van der Waals surface area contributed by atoms with Gasteiger partial charge in [0.05, 0.1) is 17.0 Å². The maximum Gasteiger partial charge on any atom is 0.243 e. The first-order chi connectivity index (χ1) is 15.8. The molecule has 1 amide bonds. The first kappa shape index (κ1) is 24.6. The van der Waals surface area contributed by atoms with Crippen molar-refractivity contribution in [2.75, 3.05) is 51.8 Å². The minimum atomic E-state index is -3.55. The summed E-state index contributed by atoms with van der Waals surface area (Å²) in [5.74, 6) is -0.221. The standard InChI is InChI=1S/C22H29ClN4O4S2/c1-26-8-10-27(11-9-26)33(29,30)18-4-2-17(3-5-18)19(14-16-6-12-31-13-7-16)21(28)25-22-24-15-20(23)32-22/h2-5,15-16,19H,6-14H2,1H3,(H,24,25,28). The number of thiazole rings is 1. The summed E-state index contributed by atoms with van der Waals surface area (Å²) in [5, 5.41) is 3.33. The second kappa shape index (κ2) is 10.8.